The van der Waals surface area contributed by atoms with Gasteiger partial charge in [-0.05, 0) is 36.4 Å². The van der Waals surface area contributed by atoms with Crippen LogP contribution in [0.4, 0.5) is 0 Å². The number of hydrogen-bond acceptors (Lipinski definition) is 5. The molecule has 0 saturated heterocycles. The highest BCUT2D eigenvalue weighted by Gasteiger charge is 2.37. The Hall–Kier alpha value is -1.04. The van der Waals surface area contributed by atoms with E-state index in [0.29, 0.717) is 21.6 Å². The molecule has 22 heavy (non-hydrogen) atoms. The average Bonchev–Trinajstić information content (AvgIpc) is 2.51. The molecule has 2 atom stereocenters. The van der Waals surface area contributed by atoms with Crippen molar-refractivity contribution in [2.24, 2.45) is 15.9 Å². The Bertz CT molecular complexity index is 626. The largest absolute Gasteiger partial charge is 0.468 e. The number of halogens is 2. The molecule has 0 N–H and O–H groups in total. The van der Waals surface area contributed by atoms with E-state index < -0.39 is 12.0 Å². The number of aliphatic imine (C=N–C) groups is 2. The fourth-order valence-corrected chi connectivity index (χ4v) is 3.37. The van der Waals surface area contributed by atoms with Gasteiger partial charge in [0.25, 0.3) is 0 Å². The maximum absolute atomic E-state index is 12.2. The predicted molar refractivity (Wildman–Crippen MR) is 93.4 cm³/mol. The number of carbonyl (C=O) groups is 1. The van der Waals surface area contributed by atoms with Gasteiger partial charge in [0.1, 0.15) is 5.92 Å². The van der Waals surface area contributed by atoms with E-state index >= 15 is 0 Å². The number of nitrogens with zero attached hydrogens (tertiary/aromatic N) is 2. The molecule has 0 spiro atoms. The number of rotatable bonds is 3. The number of esters is 1. The third-order valence-electron chi connectivity index (χ3n) is 3.39. The highest BCUT2D eigenvalue weighted by Crippen LogP contribution is 2.36. The number of benzene rings is 1. The Labute approximate surface area is 144 Å². The summed E-state index contributed by atoms with van der Waals surface area (Å²) in [4.78, 5) is 21.3. The molecule has 7 heteroatoms. The molecular weight excluding hydrogens is 343 g/mol. The van der Waals surface area contributed by atoms with Gasteiger partial charge >= 0.3 is 5.97 Å². The highest BCUT2D eigenvalue weighted by molar-refractivity contribution is 8.13. The van der Waals surface area contributed by atoms with E-state index in [2.05, 4.69) is 9.98 Å². The van der Waals surface area contributed by atoms with Crippen molar-refractivity contribution in [2.75, 3.05) is 13.4 Å². The predicted octanol–water partition coefficient (Wildman–Crippen LogP) is 4.41. The lowest BCUT2D eigenvalue weighted by Gasteiger charge is -2.27. The molecule has 4 nitrogen and oxygen atoms in total. The molecule has 1 heterocycles. The monoisotopic (exact) mass is 358 g/mol. The summed E-state index contributed by atoms with van der Waals surface area (Å²) in [7, 11) is 1.37. The standard InChI is InChI=1S/C15H16Cl2N2O2S/c1-4-11-12(14(20)21-2)13(19-15(18-11)22-3)8-5-9(16)7-10(17)6-8/h5-7,12-13H,4H2,1-3H3. The lowest BCUT2D eigenvalue weighted by molar-refractivity contribution is -0.143. The Kier molecular flexibility index (Phi) is 5.89. The first-order valence-electron chi connectivity index (χ1n) is 6.73. The van der Waals surface area contributed by atoms with Gasteiger partial charge in [-0.1, -0.05) is 41.9 Å². The van der Waals surface area contributed by atoms with Crippen molar-refractivity contribution in [1.29, 1.82) is 0 Å². The first-order chi connectivity index (χ1) is 10.5. The quantitative estimate of drug-likeness (QED) is 0.752. The second-order valence-corrected chi connectivity index (χ2v) is 6.37. The first-order valence-corrected chi connectivity index (χ1v) is 8.71. The topological polar surface area (TPSA) is 51.0 Å². The minimum Gasteiger partial charge on any atom is -0.468 e. The van der Waals surface area contributed by atoms with Crippen LogP contribution in [0, 0.1) is 5.92 Å². The first kappa shape index (κ1) is 17.3. The van der Waals surface area contributed by atoms with Crippen LogP contribution in [0.2, 0.25) is 10.0 Å². The summed E-state index contributed by atoms with van der Waals surface area (Å²) in [6.45, 7) is 1.96. The van der Waals surface area contributed by atoms with Gasteiger partial charge in [-0.2, -0.15) is 0 Å². The van der Waals surface area contributed by atoms with Crippen LogP contribution in [-0.2, 0) is 9.53 Å². The van der Waals surface area contributed by atoms with Crippen molar-refractivity contribution in [3.63, 3.8) is 0 Å². The second kappa shape index (κ2) is 7.49. The van der Waals surface area contributed by atoms with E-state index in [-0.39, 0.29) is 5.97 Å². The van der Waals surface area contributed by atoms with Crippen molar-refractivity contribution in [3.8, 4) is 0 Å². The number of amidine groups is 1. The maximum atomic E-state index is 12.2. The SMILES string of the molecule is CCC1=NC(SC)=NC(c2cc(Cl)cc(Cl)c2)C1C(=O)OC. The molecule has 0 bridgehead atoms. The number of hydrogen-bond donors (Lipinski definition) is 0. The van der Waals surface area contributed by atoms with Crippen LogP contribution in [0.25, 0.3) is 0 Å². The van der Waals surface area contributed by atoms with E-state index in [1.165, 1.54) is 18.9 Å². The lowest BCUT2D eigenvalue weighted by atomic mass is 9.87. The summed E-state index contributed by atoms with van der Waals surface area (Å²) in [6, 6.07) is 4.76. The molecule has 1 aliphatic heterocycles. The van der Waals surface area contributed by atoms with Gasteiger partial charge in [0.2, 0.25) is 0 Å². The van der Waals surface area contributed by atoms with Crippen molar-refractivity contribution in [3.05, 3.63) is 33.8 Å². The van der Waals surface area contributed by atoms with Crippen molar-refractivity contribution in [2.45, 2.75) is 19.4 Å². The molecule has 1 aromatic carbocycles. The third kappa shape index (κ3) is 3.65. The Balaban J connectivity index is 2.54. The molecule has 0 saturated carbocycles. The molecule has 0 fully saturated rings. The zero-order chi connectivity index (χ0) is 16.3. The van der Waals surface area contributed by atoms with Gasteiger partial charge in [-0.25, -0.2) is 4.99 Å². The zero-order valence-electron chi connectivity index (χ0n) is 12.5. The van der Waals surface area contributed by atoms with Crippen LogP contribution in [-0.4, -0.2) is 30.2 Å². The van der Waals surface area contributed by atoms with Gasteiger partial charge in [-0.3, -0.25) is 9.79 Å². The van der Waals surface area contributed by atoms with E-state index in [1.54, 1.807) is 18.2 Å². The van der Waals surface area contributed by atoms with Crippen LogP contribution < -0.4 is 0 Å². The molecule has 2 unspecified atom stereocenters. The van der Waals surface area contributed by atoms with E-state index in [1.807, 2.05) is 13.2 Å². The number of ether oxygens (including phenoxy) is 1. The molecular formula is C15H16Cl2N2O2S. The fraction of sp³-hybridized carbons (Fsp3) is 0.400. The molecule has 2 rings (SSSR count). The number of methoxy groups -OCH3 is 1. The minimum atomic E-state index is -0.555. The van der Waals surface area contributed by atoms with Crippen LogP contribution in [0.3, 0.4) is 0 Å². The Morgan fingerprint density at radius 2 is 1.95 bits per heavy atom. The third-order valence-corrected chi connectivity index (χ3v) is 4.39. The van der Waals surface area contributed by atoms with Crippen LogP contribution >= 0.6 is 35.0 Å². The molecule has 118 valence electrons. The average molecular weight is 359 g/mol. The van der Waals surface area contributed by atoms with Crippen molar-refractivity contribution in [1.82, 2.24) is 0 Å². The molecule has 0 amide bonds. The number of carbonyl (C=O) groups excluding carboxylic acids is 1. The molecule has 0 aliphatic carbocycles. The zero-order valence-corrected chi connectivity index (χ0v) is 14.8. The number of thioether (sulfide) groups is 1. The normalized spacial score (nSPS) is 21.1. The van der Waals surface area contributed by atoms with Crippen LogP contribution in [0.15, 0.2) is 28.2 Å². The van der Waals surface area contributed by atoms with Gasteiger partial charge in [0.05, 0.1) is 13.2 Å². The summed E-state index contributed by atoms with van der Waals surface area (Å²) in [5.41, 5.74) is 1.53. The maximum Gasteiger partial charge on any atom is 0.316 e. The molecule has 1 aliphatic rings. The van der Waals surface area contributed by atoms with E-state index in [4.69, 9.17) is 27.9 Å². The van der Waals surface area contributed by atoms with E-state index in [0.717, 1.165) is 11.3 Å². The second-order valence-electron chi connectivity index (χ2n) is 4.72. The minimum absolute atomic E-state index is 0.356. The summed E-state index contributed by atoms with van der Waals surface area (Å²) in [6.07, 6.45) is 2.54. The highest BCUT2D eigenvalue weighted by atomic mass is 35.5. The fourth-order valence-electron chi connectivity index (χ4n) is 2.40. The van der Waals surface area contributed by atoms with Gasteiger partial charge < -0.3 is 4.74 Å². The van der Waals surface area contributed by atoms with Crippen molar-refractivity contribution < 1.29 is 9.53 Å². The Morgan fingerprint density at radius 1 is 1.32 bits per heavy atom. The summed E-state index contributed by atoms with van der Waals surface area (Å²) < 4.78 is 4.94. The summed E-state index contributed by atoms with van der Waals surface area (Å²) in [5.74, 6) is -0.911. The Morgan fingerprint density at radius 3 is 2.45 bits per heavy atom. The van der Waals surface area contributed by atoms with E-state index in [9.17, 15) is 4.79 Å². The van der Waals surface area contributed by atoms with Gasteiger partial charge in [0, 0.05) is 15.8 Å². The van der Waals surface area contributed by atoms with Gasteiger partial charge in [0.15, 0.2) is 5.17 Å². The van der Waals surface area contributed by atoms with Crippen molar-refractivity contribution >= 4 is 51.8 Å². The molecule has 0 radical (unpaired) electrons. The van der Waals surface area contributed by atoms with Gasteiger partial charge in [-0.15, -0.1) is 0 Å². The molecule has 0 aromatic heterocycles. The van der Waals surface area contributed by atoms with Crippen LogP contribution in [0.1, 0.15) is 24.9 Å². The van der Waals surface area contributed by atoms with Crippen LogP contribution in [0.5, 0.6) is 0 Å². The summed E-state index contributed by atoms with van der Waals surface area (Å²) in [5, 5.41) is 1.65. The smallest absolute Gasteiger partial charge is 0.316 e. The lowest BCUT2D eigenvalue weighted by Crippen LogP contribution is -2.33. The molecule has 1 aromatic rings. The summed E-state index contributed by atoms with van der Waals surface area (Å²) >= 11 is 13.6.